The minimum absolute atomic E-state index is 0.00880. The fraction of sp³-hybridized carbons (Fsp3) is 0.500. The Balaban J connectivity index is 1.91. The molecule has 0 bridgehead atoms. The van der Waals surface area contributed by atoms with Gasteiger partial charge in [-0.2, -0.15) is 0 Å². The van der Waals surface area contributed by atoms with Gasteiger partial charge < -0.3 is 14.4 Å². The molecule has 1 aromatic carbocycles. The molecule has 1 atom stereocenters. The molecule has 0 saturated carbocycles. The molecule has 5 heteroatoms. The summed E-state index contributed by atoms with van der Waals surface area (Å²) in [6.07, 6.45) is 1.98. The topological polar surface area (TPSA) is 38.8 Å². The van der Waals surface area contributed by atoms with Gasteiger partial charge in [0.05, 0.1) is 5.56 Å². The summed E-state index contributed by atoms with van der Waals surface area (Å²) in [5, 5.41) is 0. The number of nitrogens with zero attached hydrogens (tertiary/aromatic N) is 1. The van der Waals surface area contributed by atoms with Crippen LogP contribution in [0.5, 0.6) is 11.5 Å². The lowest BCUT2D eigenvalue weighted by Crippen LogP contribution is -2.37. The second-order valence-corrected chi connectivity index (χ2v) is 5.09. The summed E-state index contributed by atoms with van der Waals surface area (Å²) in [5.41, 5.74) is 0.578. The van der Waals surface area contributed by atoms with Gasteiger partial charge >= 0.3 is 0 Å². The first-order chi connectivity index (χ1) is 9.31. The first-order valence-corrected chi connectivity index (χ1v) is 7.10. The Morgan fingerprint density at radius 3 is 3.05 bits per heavy atom. The number of carbonyl (C=O) groups is 1. The maximum absolute atomic E-state index is 12.6. The Morgan fingerprint density at radius 2 is 2.21 bits per heavy atom. The highest BCUT2D eigenvalue weighted by atomic mass is 35.5. The summed E-state index contributed by atoms with van der Waals surface area (Å²) < 4.78 is 11.1. The molecule has 1 fully saturated rings. The number of ether oxygens (including phenoxy) is 2. The van der Waals surface area contributed by atoms with E-state index in [0.29, 0.717) is 36.2 Å². The second kappa shape index (κ2) is 5.29. The molecule has 0 aliphatic carbocycles. The van der Waals surface area contributed by atoms with Gasteiger partial charge in [0.25, 0.3) is 5.91 Å². The van der Waals surface area contributed by atoms with Gasteiger partial charge in [-0.3, -0.25) is 4.79 Å². The van der Waals surface area contributed by atoms with Gasteiger partial charge in [0, 0.05) is 18.5 Å². The van der Waals surface area contributed by atoms with Gasteiger partial charge in [0.1, 0.15) is 13.2 Å². The van der Waals surface area contributed by atoms with Crippen LogP contribution in [-0.4, -0.2) is 42.5 Å². The Labute approximate surface area is 117 Å². The summed E-state index contributed by atoms with van der Waals surface area (Å²) in [4.78, 5) is 14.5. The summed E-state index contributed by atoms with van der Waals surface area (Å²) in [6.45, 7) is 1.77. The molecule has 2 aliphatic heterocycles. The molecule has 1 aromatic rings. The molecule has 1 unspecified atom stereocenters. The van der Waals surface area contributed by atoms with E-state index in [4.69, 9.17) is 21.1 Å². The normalized spacial score (nSPS) is 21.5. The fourth-order valence-corrected chi connectivity index (χ4v) is 2.98. The predicted octanol–water partition coefficient (Wildman–Crippen LogP) is 2.30. The Kier molecular flexibility index (Phi) is 3.51. The van der Waals surface area contributed by atoms with E-state index in [1.165, 1.54) is 0 Å². The zero-order valence-corrected chi connectivity index (χ0v) is 11.4. The maximum Gasteiger partial charge on any atom is 0.258 e. The number of carbonyl (C=O) groups excluding carboxylic acids is 1. The Hall–Kier alpha value is -1.42. The zero-order chi connectivity index (χ0) is 13.2. The second-order valence-electron chi connectivity index (χ2n) is 4.78. The lowest BCUT2D eigenvalue weighted by Gasteiger charge is -2.26. The summed E-state index contributed by atoms with van der Waals surface area (Å²) in [7, 11) is 0. The molecule has 2 heterocycles. The van der Waals surface area contributed by atoms with E-state index < -0.39 is 0 Å². The molecule has 1 saturated heterocycles. The minimum Gasteiger partial charge on any atom is -0.486 e. The summed E-state index contributed by atoms with van der Waals surface area (Å²) >= 11 is 5.93. The number of likely N-dealkylation sites (tertiary alicyclic amines) is 1. The molecule has 4 nitrogen and oxygen atoms in total. The third kappa shape index (κ3) is 2.25. The standard InChI is InChI=1S/C14H16ClNO3/c15-9-10-3-2-6-16(10)14(17)11-4-1-5-12-13(11)19-8-7-18-12/h1,4-5,10H,2-3,6-9H2. The largest absolute Gasteiger partial charge is 0.486 e. The van der Waals surface area contributed by atoms with Crippen LogP contribution in [0.25, 0.3) is 0 Å². The molecular weight excluding hydrogens is 266 g/mol. The van der Waals surface area contributed by atoms with Crippen molar-refractivity contribution in [3.05, 3.63) is 23.8 Å². The van der Waals surface area contributed by atoms with Gasteiger partial charge in [0.15, 0.2) is 11.5 Å². The van der Waals surface area contributed by atoms with Crippen molar-refractivity contribution in [2.24, 2.45) is 0 Å². The van der Waals surface area contributed by atoms with Crippen molar-refractivity contribution in [2.45, 2.75) is 18.9 Å². The van der Waals surface area contributed by atoms with E-state index in [1.54, 1.807) is 6.07 Å². The quantitative estimate of drug-likeness (QED) is 0.781. The Bertz CT molecular complexity index is 492. The monoisotopic (exact) mass is 281 g/mol. The lowest BCUT2D eigenvalue weighted by atomic mass is 10.1. The van der Waals surface area contributed by atoms with Crippen LogP contribution >= 0.6 is 11.6 Å². The number of hydrogen-bond acceptors (Lipinski definition) is 3. The van der Waals surface area contributed by atoms with Crippen molar-refractivity contribution in [3.63, 3.8) is 0 Å². The van der Waals surface area contributed by atoms with E-state index in [2.05, 4.69) is 0 Å². The summed E-state index contributed by atoms with van der Waals surface area (Å²) in [6, 6.07) is 5.58. The van der Waals surface area contributed by atoms with Gasteiger partial charge in [-0.15, -0.1) is 11.6 Å². The van der Waals surface area contributed by atoms with Gasteiger partial charge in [-0.25, -0.2) is 0 Å². The molecule has 0 N–H and O–H groups in total. The van der Waals surface area contributed by atoms with E-state index in [9.17, 15) is 4.79 Å². The highest BCUT2D eigenvalue weighted by Crippen LogP contribution is 2.35. The van der Waals surface area contributed by atoms with Gasteiger partial charge in [-0.05, 0) is 25.0 Å². The highest BCUT2D eigenvalue weighted by molar-refractivity contribution is 6.18. The predicted molar refractivity (Wildman–Crippen MR) is 72.2 cm³/mol. The van der Waals surface area contributed by atoms with Gasteiger partial charge in [-0.1, -0.05) is 6.07 Å². The molecule has 2 aliphatic rings. The van der Waals surface area contributed by atoms with E-state index in [1.807, 2.05) is 17.0 Å². The average Bonchev–Trinajstić information content (AvgIpc) is 2.94. The summed E-state index contributed by atoms with van der Waals surface area (Å²) in [5.74, 6) is 1.70. The van der Waals surface area contributed by atoms with Crippen molar-refractivity contribution in [2.75, 3.05) is 25.6 Å². The van der Waals surface area contributed by atoms with Crippen molar-refractivity contribution in [1.82, 2.24) is 4.90 Å². The molecule has 19 heavy (non-hydrogen) atoms. The number of rotatable bonds is 2. The molecule has 102 valence electrons. The average molecular weight is 282 g/mol. The molecular formula is C14H16ClNO3. The van der Waals surface area contributed by atoms with Crippen LogP contribution in [0, 0.1) is 0 Å². The van der Waals surface area contributed by atoms with E-state index >= 15 is 0 Å². The number of amides is 1. The van der Waals surface area contributed by atoms with Crippen molar-refractivity contribution < 1.29 is 14.3 Å². The molecule has 0 radical (unpaired) electrons. The third-order valence-electron chi connectivity index (χ3n) is 3.61. The van der Waals surface area contributed by atoms with Crippen molar-refractivity contribution in [1.29, 1.82) is 0 Å². The van der Waals surface area contributed by atoms with Crippen LogP contribution in [0.2, 0.25) is 0 Å². The number of benzene rings is 1. The number of halogens is 1. The van der Waals surface area contributed by atoms with E-state index in [-0.39, 0.29) is 11.9 Å². The smallest absolute Gasteiger partial charge is 0.258 e. The Morgan fingerprint density at radius 1 is 1.37 bits per heavy atom. The fourth-order valence-electron chi connectivity index (χ4n) is 2.66. The van der Waals surface area contributed by atoms with Crippen LogP contribution in [-0.2, 0) is 0 Å². The molecule has 0 spiro atoms. The number of fused-ring (bicyclic) bond motifs is 1. The lowest BCUT2D eigenvalue weighted by molar-refractivity contribution is 0.0738. The third-order valence-corrected chi connectivity index (χ3v) is 3.97. The molecule has 1 amide bonds. The maximum atomic E-state index is 12.6. The van der Waals surface area contributed by atoms with Crippen LogP contribution in [0.15, 0.2) is 18.2 Å². The van der Waals surface area contributed by atoms with Crippen LogP contribution in [0.3, 0.4) is 0 Å². The number of alkyl halides is 1. The SMILES string of the molecule is O=C(c1cccc2c1OCCO2)N1CCCC1CCl. The van der Waals surface area contributed by atoms with Crippen LogP contribution in [0.4, 0.5) is 0 Å². The molecule has 3 rings (SSSR count). The first kappa shape index (κ1) is 12.6. The van der Waals surface area contributed by atoms with Crippen molar-refractivity contribution in [3.8, 4) is 11.5 Å². The zero-order valence-electron chi connectivity index (χ0n) is 10.6. The minimum atomic E-state index is -0.00880. The van der Waals surface area contributed by atoms with Crippen LogP contribution in [0.1, 0.15) is 23.2 Å². The molecule has 0 aromatic heterocycles. The van der Waals surface area contributed by atoms with Gasteiger partial charge in [0.2, 0.25) is 0 Å². The van der Waals surface area contributed by atoms with E-state index in [0.717, 1.165) is 19.4 Å². The number of para-hydroxylation sites is 1. The highest BCUT2D eigenvalue weighted by Gasteiger charge is 2.31. The first-order valence-electron chi connectivity index (χ1n) is 6.57. The van der Waals surface area contributed by atoms with Crippen LogP contribution < -0.4 is 9.47 Å². The number of hydrogen-bond donors (Lipinski definition) is 0. The van der Waals surface area contributed by atoms with Crippen molar-refractivity contribution >= 4 is 17.5 Å².